The molecule has 0 saturated carbocycles. The fourth-order valence-electron chi connectivity index (χ4n) is 2.96. The van der Waals surface area contributed by atoms with Gasteiger partial charge in [0.1, 0.15) is 5.75 Å². The van der Waals surface area contributed by atoms with Gasteiger partial charge in [-0.15, -0.1) is 0 Å². The maximum atomic E-state index is 12.3. The normalized spacial score (nSPS) is 11.0. The van der Waals surface area contributed by atoms with Gasteiger partial charge in [0.15, 0.2) is 0 Å². The van der Waals surface area contributed by atoms with E-state index in [-0.39, 0.29) is 36.7 Å². The summed E-state index contributed by atoms with van der Waals surface area (Å²) in [5, 5.41) is 13.8. The molecule has 0 spiro atoms. The lowest BCUT2D eigenvalue weighted by atomic mass is 10.1. The molecule has 0 saturated heterocycles. The van der Waals surface area contributed by atoms with Crippen LogP contribution in [0.5, 0.6) is 5.75 Å². The maximum absolute atomic E-state index is 12.3. The van der Waals surface area contributed by atoms with Gasteiger partial charge in [-0.1, -0.05) is 24.3 Å². The second kappa shape index (κ2) is 10.1. The molecule has 1 N–H and O–H groups in total. The molecule has 10 heteroatoms. The van der Waals surface area contributed by atoms with Gasteiger partial charge in [0.2, 0.25) is 15.9 Å². The molecule has 0 unspecified atom stereocenters. The predicted octanol–water partition coefficient (Wildman–Crippen LogP) is 2.77. The van der Waals surface area contributed by atoms with Crippen molar-refractivity contribution in [3.63, 3.8) is 0 Å². The summed E-state index contributed by atoms with van der Waals surface area (Å²) in [5.41, 5.74) is 1.46. The van der Waals surface area contributed by atoms with Gasteiger partial charge >= 0.3 is 0 Å². The molecule has 0 aliphatic heterocycles. The van der Waals surface area contributed by atoms with Crippen molar-refractivity contribution in [3.05, 3.63) is 63.7 Å². The van der Waals surface area contributed by atoms with E-state index in [1.807, 2.05) is 18.2 Å². The van der Waals surface area contributed by atoms with Crippen molar-refractivity contribution in [3.8, 4) is 5.75 Å². The molecule has 0 atom stereocenters. The van der Waals surface area contributed by atoms with E-state index >= 15 is 0 Å². The molecule has 0 heterocycles. The summed E-state index contributed by atoms with van der Waals surface area (Å²) in [6.45, 7) is 2.00. The molecule has 2 aromatic rings. The average Bonchev–Trinajstić information content (AvgIpc) is 2.69. The molecule has 0 bridgehead atoms. The summed E-state index contributed by atoms with van der Waals surface area (Å²) >= 11 is 0. The Kier molecular flexibility index (Phi) is 7.76. The van der Waals surface area contributed by atoms with E-state index in [1.54, 1.807) is 20.1 Å². The highest BCUT2D eigenvalue weighted by molar-refractivity contribution is 7.92. The SMILES string of the molecule is COc1ccccc1CNC(=O)CCCN(c1cc([N+](=O)[O-])ccc1C)S(C)(=O)=O. The first-order chi connectivity index (χ1) is 14.1. The second-order valence-electron chi connectivity index (χ2n) is 6.76. The third-order valence-electron chi connectivity index (χ3n) is 4.51. The Morgan fingerprint density at radius 2 is 1.93 bits per heavy atom. The topological polar surface area (TPSA) is 119 Å². The number of carbonyl (C=O) groups is 1. The number of ether oxygens (including phenoxy) is 1. The van der Waals surface area contributed by atoms with E-state index in [1.165, 1.54) is 18.2 Å². The number of sulfonamides is 1. The van der Waals surface area contributed by atoms with E-state index in [0.717, 1.165) is 16.1 Å². The molecule has 2 aromatic carbocycles. The quantitative estimate of drug-likeness (QED) is 0.453. The molecule has 0 aliphatic rings. The molecule has 0 aliphatic carbocycles. The summed E-state index contributed by atoms with van der Waals surface area (Å²) in [7, 11) is -2.13. The first-order valence-electron chi connectivity index (χ1n) is 9.25. The number of rotatable bonds is 10. The Labute approximate surface area is 175 Å². The molecule has 2 rings (SSSR count). The highest BCUT2D eigenvalue weighted by Gasteiger charge is 2.22. The first kappa shape index (κ1) is 23.1. The largest absolute Gasteiger partial charge is 0.496 e. The van der Waals surface area contributed by atoms with Gasteiger partial charge in [-0.05, 0) is 25.0 Å². The van der Waals surface area contributed by atoms with Crippen LogP contribution < -0.4 is 14.4 Å². The number of non-ortho nitro benzene ring substituents is 1. The van der Waals surface area contributed by atoms with Crippen LogP contribution in [-0.4, -0.2) is 39.2 Å². The predicted molar refractivity (Wildman–Crippen MR) is 114 cm³/mol. The lowest BCUT2D eigenvalue weighted by Gasteiger charge is -2.24. The van der Waals surface area contributed by atoms with Crippen molar-refractivity contribution in [1.29, 1.82) is 0 Å². The van der Waals surface area contributed by atoms with E-state index in [2.05, 4.69) is 5.32 Å². The van der Waals surface area contributed by atoms with Gasteiger partial charge in [0.05, 0.1) is 24.0 Å². The number of nitrogens with one attached hydrogen (secondary N) is 1. The van der Waals surface area contributed by atoms with Gasteiger partial charge in [-0.2, -0.15) is 0 Å². The van der Waals surface area contributed by atoms with Crippen molar-refractivity contribution in [1.82, 2.24) is 5.32 Å². The average molecular weight is 436 g/mol. The van der Waals surface area contributed by atoms with Crippen LogP contribution in [0.4, 0.5) is 11.4 Å². The summed E-state index contributed by atoms with van der Waals surface area (Å²) in [5.74, 6) is 0.437. The number of hydrogen-bond acceptors (Lipinski definition) is 6. The third kappa shape index (κ3) is 6.18. The van der Waals surface area contributed by atoms with Gasteiger partial charge in [-0.25, -0.2) is 8.42 Å². The Morgan fingerprint density at radius 3 is 2.57 bits per heavy atom. The zero-order chi connectivity index (χ0) is 22.3. The minimum Gasteiger partial charge on any atom is -0.496 e. The van der Waals surface area contributed by atoms with E-state index in [9.17, 15) is 23.3 Å². The van der Waals surface area contributed by atoms with Crippen LogP contribution in [0.15, 0.2) is 42.5 Å². The standard InChI is InChI=1S/C20H25N3O6S/c1-15-10-11-17(23(25)26)13-18(15)22(30(3,27)28)12-6-9-20(24)21-14-16-7-4-5-8-19(16)29-2/h4-5,7-8,10-11,13H,6,9,12,14H2,1-3H3,(H,21,24). The number of nitro benzene ring substituents is 1. The highest BCUT2D eigenvalue weighted by Crippen LogP contribution is 2.27. The summed E-state index contributed by atoms with van der Waals surface area (Å²) in [4.78, 5) is 22.7. The minimum atomic E-state index is -3.68. The number of hydrogen-bond donors (Lipinski definition) is 1. The smallest absolute Gasteiger partial charge is 0.271 e. The lowest BCUT2D eigenvalue weighted by molar-refractivity contribution is -0.384. The van der Waals surface area contributed by atoms with Crippen LogP contribution in [0.3, 0.4) is 0 Å². The van der Waals surface area contributed by atoms with Crippen LogP contribution in [0, 0.1) is 17.0 Å². The Balaban J connectivity index is 2.01. The number of amides is 1. The number of para-hydroxylation sites is 1. The van der Waals surface area contributed by atoms with Crippen molar-refractivity contribution < 1.29 is 22.9 Å². The van der Waals surface area contributed by atoms with E-state index in [0.29, 0.717) is 17.9 Å². The van der Waals surface area contributed by atoms with Crippen LogP contribution in [-0.2, 0) is 21.4 Å². The number of methoxy groups -OCH3 is 1. The van der Waals surface area contributed by atoms with Crippen molar-refractivity contribution in [2.45, 2.75) is 26.3 Å². The number of carbonyl (C=O) groups excluding carboxylic acids is 1. The molecule has 162 valence electrons. The minimum absolute atomic E-state index is 0.0307. The van der Waals surface area contributed by atoms with E-state index in [4.69, 9.17) is 4.74 Å². The summed E-state index contributed by atoms with van der Waals surface area (Å²) < 4.78 is 30.9. The number of aryl methyl sites for hydroxylation is 1. The molecule has 0 radical (unpaired) electrons. The molecular weight excluding hydrogens is 410 g/mol. The molecule has 9 nitrogen and oxygen atoms in total. The van der Waals surface area contributed by atoms with Crippen LogP contribution in [0.2, 0.25) is 0 Å². The molecule has 0 aromatic heterocycles. The molecular formula is C20H25N3O6S. The number of anilines is 1. The number of nitro groups is 1. The van der Waals surface area contributed by atoms with Crippen molar-refractivity contribution >= 4 is 27.3 Å². The first-order valence-corrected chi connectivity index (χ1v) is 11.1. The highest BCUT2D eigenvalue weighted by atomic mass is 32.2. The fourth-order valence-corrected chi connectivity index (χ4v) is 3.97. The van der Waals surface area contributed by atoms with Gasteiger partial charge < -0.3 is 10.1 Å². The molecule has 30 heavy (non-hydrogen) atoms. The van der Waals surface area contributed by atoms with Gasteiger partial charge in [0.25, 0.3) is 5.69 Å². The summed E-state index contributed by atoms with van der Waals surface area (Å²) in [6.07, 6.45) is 1.40. The molecule has 0 fully saturated rings. The van der Waals surface area contributed by atoms with E-state index < -0.39 is 14.9 Å². The van der Waals surface area contributed by atoms with Crippen LogP contribution in [0.25, 0.3) is 0 Å². The number of nitrogens with zero attached hydrogens (tertiary/aromatic N) is 2. The van der Waals surface area contributed by atoms with Crippen LogP contribution >= 0.6 is 0 Å². The maximum Gasteiger partial charge on any atom is 0.271 e. The second-order valence-corrected chi connectivity index (χ2v) is 8.66. The summed E-state index contributed by atoms with van der Waals surface area (Å²) in [6, 6.07) is 11.4. The number of benzene rings is 2. The lowest BCUT2D eigenvalue weighted by Crippen LogP contribution is -2.32. The Hall–Kier alpha value is -3.14. The molecule has 1 amide bonds. The monoisotopic (exact) mass is 435 g/mol. The Morgan fingerprint density at radius 1 is 1.23 bits per heavy atom. The van der Waals surface area contributed by atoms with Crippen molar-refractivity contribution in [2.75, 3.05) is 24.2 Å². The van der Waals surface area contributed by atoms with Crippen LogP contribution in [0.1, 0.15) is 24.0 Å². The van der Waals surface area contributed by atoms with Gasteiger partial charge in [0, 0.05) is 37.2 Å². The van der Waals surface area contributed by atoms with Gasteiger partial charge in [-0.3, -0.25) is 19.2 Å². The zero-order valence-corrected chi connectivity index (χ0v) is 17.9. The Bertz CT molecular complexity index is 1020. The third-order valence-corrected chi connectivity index (χ3v) is 5.69. The van der Waals surface area contributed by atoms with Crippen molar-refractivity contribution in [2.24, 2.45) is 0 Å². The zero-order valence-electron chi connectivity index (χ0n) is 17.1. The fraction of sp³-hybridized carbons (Fsp3) is 0.350.